The molecule has 3 amide bonds. The first-order chi connectivity index (χ1) is 10.5. The van der Waals surface area contributed by atoms with Crippen LogP contribution in [0.1, 0.15) is 24.1 Å². The molecule has 0 radical (unpaired) electrons. The Bertz CT molecular complexity index is 738. The number of amides is 3. The lowest BCUT2D eigenvalue weighted by Gasteiger charge is -2.32. The van der Waals surface area contributed by atoms with Crippen LogP contribution in [0, 0.1) is 0 Å². The number of imide groups is 1. The van der Waals surface area contributed by atoms with Crippen LogP contribution in [0.4, 0.5) is 4.79 Å². The average Bonchev–Trinajstić information content (AvgIpc) is 2.90. The van der Waals surface area contributed by atoms with Crippen LogP contribution in [0.2, 0.25) is 0 Å². The number of carbonyl (C=O) groups excluding carboxylic acids is 2. The number of rotatable bonds is 2. The van der Waals surface area contributed by atoms with Gasteiger partial charge in [-0.05, 0) is 17.7 Å². The van der Waals surface area contributed by atoms with E-state index >= 15 is 0 Å². The molecule has 6 nitrogen and oxygen atoms in total. The van der Waals surface area contributed by atoms with Crippen LogP contribution in [-0.2, 0) is 11.3 Å². The number of aromatic amines is 1. The van der Waals surface area contributed by atoms with Crippen molar-refractivity contribution in [3.8, 4) is 5.75 Å². The number of carbonyl (C=O) groups is 2. The normalized spacial score (nSPS) is 17.2. The summed E-state index contributed by atoms with van der Waals surface area (Å²) in [5.41, 5.74) is 3.28. The summed E-state index contributed by atoms with van der Waals surface area (Å²) in [4.78, 5) is 29.1. The lowest BCUT2D eigenvalue weighted by Crippen LogP contribution is -2.44. The Balaban J connectivity index is 2.00. The van der Waals surface area contributed by atoms with Crippen molar-refractivity contribution in [1.29, 1.82) is 0 Å². The third-order valence-corrected chi connectivity index (χ3v) is 4.19. The maximum absolute atomic E-state index is 12.2. The largest absolute Gasteiger partial charge is 0.497 e. The standard InChI is InChI=1S/C16H19N3O3/c1-10-7-19(16(21)18(2)9-20)8-14-15(10)12-5-4-11(22-3)6-13(12)17-14/h4-6,9-10,17H,7-8H2,1-3H3. The highest BCUT2D eigenvalue weighted by atomic mass is 16.5. The predicted molar refractivity (Wildman–Crippen MR) is 82.9 cm³/mol. The molecule has 1 aliphatic heterocycles. The summed E-state index contributed by atoms with van der Waals surface area (Å²) in [6.07, 6.45) is 0.540. The van der Waals surface area contributed by atoms with Gasteiger partial charge in [0.05, 0.1) is 13.7 Å². The third-order valence-electron chi connectivity index (χ3n) is 4.19. The average molecular weight is 301 g/mol. The molecule has 0 bridgehead atoms. The summed E-state index contributed by atoms with van der Waals surface area (Å²) in [5, 5.41) is 1.17. The predicted octanol–water partition coefficient (Wildman–Crippen LogP) is 2.30. The van der Waals surface area contributed by atoms with Gasteiger partial charge in [0.2, 0.25) is 6.41 Å². The molecular weight excluding hydrogens is 282 g/mol. The Morgan fingerprint density at radius 1 is 1.50 bits per heavy atom. The van der Waals surface area contributed by atoms with Crippen LogP contribution in [0.15, 0.2) is 18.2 Å². The van der Waals surface area contributed by atoms with Crippen molar-refractivity contribution in [2.75, 3.05) is 20.7 Å². The molecule has 1 aromatic carbocycles. The van der Waals surface area contributed by atoms with E-state index in [2.05, 4.69) is 18.0 Å². The van der Waals surface area contributed by atoms with Gasteiger partial charge in [0.1, 0.15) is 5.75 Å². The van der Waals surface area contributed by atoms with Crippen LogP contribution in [0.3, 0.4) is 0 Å². The van der Waals surface area contributed by atoms with E-state index in [0.29, 0.717) is 19.5 Å². The highest BCUT2D eigenvalue weighted by molar-refractivity contribution is 5.88. The van der Waals surface area contributed by atoms with E-state index < -0.39 is 0 Å². The maximum atomic E-state index is 12.2. The smallest absolute Gasteiger partial charge is 0.326 e. The van der Waals surface area contributed by atoms with Crippen LogP contribution in [-0.4, -0.2) is 47.9 Å². The molecule has 1 aromatic heterocycles. The molecule has 2 heterocycles. The summed E-state index contributed by atoms with van der Waals surface area (Å²) >= 11 is 0. The SMILES string of the molecule is COc1ccc2c3c([nH]c2c1)CN(C(=O)N(C)C=O)CC3C. The minimum absolute atomic E-state index is 0.204. The van der Waals surface area contributed by atoms with E-state index in [1.807, 2.05) is 12.1 Å². The summed E-state index contributed by atoms with van der Waals surface area (Å²) < 4.78 is 5.26. The number of hydrogen-bond donors (Lipinski definition) is 1. The van der Waals surface area contributed by atoms with Crippen LogP contribution >= 0.6 is 0 Å². The zero-order chi connectivity index (χ0) is 15.9. The summed E-state index contributed by atoms with van der Waals surface area (Å²) in [7, 11) is 3.12. The van der Waals surface area contributed by atoms with Gasteiger partial charge in [0, 0.05) is 42.2 Å². The molecule has 3 rings (SSSR count). The summed E-state index contributed by atoms with van der Waals surface area (Å²) in [5.74, 6) is 1.00. The Kier molecular flexibility index (Phi) is 3.52. The lowest BCUT2D eigenvalue weighted by molar-refractivity contribution is -0.115. The first-order valence-corrected chi connectivity index (χ1v) is 7.20. The van der Waals surface area contributed by atoms with Gasteiger partial charge in [-0.2, -0.15) is 0 Å². The lowest BCUT2D eigenvalue weighted by atomic mass is 9.93. The second-order valence-corrected chi connectivity index (χ2v) is 5.71. The molecule has 1 unspecified atom stereocenters. The number of ether oxygens (including phenoxy) is 1. The highest BCUT2D eigenvalue weighted by Gasteiger charge is 2.30. The number of aromatic nitrogens is 1. The Morgan fingerprint density at radius 3 is 2.95 bits per heavy atom. The van der Waals surface area contributed by atoms with Gasteiger partial charge in [0.15, 0.2) is 0 Å². The quantitative estimate of drug-likeness (QED) is 0.866. The van der Waals surface area contributed by atoms with Crippen molar-refractivity contribution < 1.29 is 14.3 Å². The van der Waals surface area contributed by atoms with Gasteiger partial charge in [-0.15, -0.1) is 0 Å². The zero-order valence-electron chi connectivity index (χ0n) is 12.9. The molecule has 2 aromatic rings. The van der Waals surface area contributed by atoms with E-state index in [4.69, 9.17) is 4.74 Å². The summed E-state index contributed by atoms with van der Waals surface area (Å²) in [6.45, 7) is 3.17. The third kappa shape index (κ3) is 2.20. The van der Waals surface area contributed by atoms with E-state index in [0.717, 1.165) is 21.9 Å². The minimum atomic E-state index is -0.274. The van der Waals surface area contributed by atoms with Gasteiger partial charge >= 0.3 is 6.03 Å². The molecular formula is C16H19N3O3. The Hall–Kier alpha value is -2.50. The number of methoxy groups -OCH3 is 1. The highest BCUT2D eigenvalue weighted by Crippen LogP contribution is 2.35. The molecule has 0 saturated carbocycles. The van der Waals surface area contributed by atoms with E-state index in [-0.39, 0.29) is 11.9 Å². The van der Waals surface area contributed by atoms with E-state index in [1.165, 1.54) is 18.0 Å². The molecule has 0 aliphatic carbocycles. The van der Waals surface area contributed by atoms with Gasteiger partial charge in [-0.3, -0.25) is 9.69 Å². The van der Waals surface area contributed by atoms with Crippen molar-refractivity contribution in [3.63, 3.8) is 0 Å². The molecule has 6 heteroatoms. The van der Waals surface area contributed by atoms with Crippen molar-refractivity contribution in [2.45, 2.75) is 19.4 Å². The number of nitrogens with one attached hydrogen (secondary N) is 1. The van der Waals surface area contributed by atoms with Gasteiger partial charge in [-0.1, -0.05) is 6.92 Å². The fraction of sp³-hybridized carbons (Fsp3) is 0.375. The minimum Gasteiger partial charge on any atom is -0.497 e. The second-order valence-electron chi connectivity index (χ2n) is 5.71. The molecule has 22 heavy (non-hydrogen) atoms. The molecule has 1 atom stereocenters. The fourth-order valence-corrected chi connectivity index (χ4v) is 3.16. The number of fused-ring (bicyclic) bond motifs is 3. The van der Waals surface area contributed by atoms with Crippen molar-refractivity contribution in [1.82, 2.24) is 14.8 Å². The molecule has 0 spiro atoms. The number of nitrogens with zero attached hydrogens (tertiary/aromatic N) is 2. The number of hydrogen-bond acceptors (Lipinski definition) is 3. The topological polar surface area (TPSA) is 65.6 Å². The van der Waals surface area contributed by atoms with Gasteiger partial charge < -0.3 is 14.6 Å². The van der Waals surface area contributed by atoms with Crippen LogP contribution < -0.4 is 4.74 Å². The monoisotopic (exact) mass is 301 g/mol. The van der Waals surface area contributed by atoms with Crippen molar-refractivity contribution >= 4 is 23.3 Å². The number of H-pyrrole nitrogens is 1. The molecule has 1 N–H and O–H groups in total. The Labute approximate surface area is 128 Å². The van der Waals surface area contributed by atoms with E-state index in [1.54, 1.807) is 12.0 Å². The molecule has 0 fully saturated rings. The van der Waals surface area contributed by atoms with Gasteiger partial charge in [0.25, 0.3) is 0 Å². The first kappa shape index (κ1) is 14.4. The van der Waals surface area contributed by atoms with Crippen molar-refractivity contribution in [3.05, 3.63) is 29.5 Å². The summed E-state index contributed by atoms with van der Waals surface area (Å²) in [6, 6.07) is 5.68. The van der Waals surface area contributed by atoms with Crippen LogP contribution in [0.25, 0.3) is 10.9 Å². The number of benzene rings is 1. The zero-order valence-corrected chi connectivity index (χ0v) is 12.9. The van der Waals surface area contributed by atoms with Crippen molar-refractivity contribution in [2.24, 2.45) is 0 Å². The molecule has 0 saturated heterocycles. The van der Waals surface area contributed by atoms with Crippen LogP contribution in [0.5, 0.6) is 5.75 Å². The second kappa shape index (κ2) is 5.36. The molecule has 116 valence electrons. The molecule has 1 aliphatic rings. The maximum Gasteiger partial charge on any atom is 0.326 e. The number of urea groups is 1. The van der Waals surface area contributed by atoms with E-state index in [9.17, 15) is 9.59 Å². The first-order valence-electron chi connectivity index (χ1n) is 7.20. The Morgan fingerprint density at radius 2 is 2.27 bits per heavy atom. The van der Waals surface area contributed by atoms with Gasteiger partial charge in [-0.25, -0.2) is 4.79 Å². The fourth-order valence-electron chi connectivity index (χ4n) is 3.16.